The Morgan fingerprint density at radius 2 is 1.96 bits per heavy atom. The van der Waals surface area contributed by atoms with Crippen molar-refractivity contribution in [3.05, 3.63) is 58.0 Å². The number of carbonyl (C=O) groups is 2. The van der Waals surface area contributed by atoms with E-state index < -0.39 is 5.97 Å². The lowest BCUT2D eigenvalue weighted by molar-refractivity contribution is -0.145. The van der Waals surface area contributed by atoms with Crippen molar-refractivity contribution in [2.24, 2.45) is 0 Å². The van der Waals surface area contributed by atoms with Gasteiger partial charge >= 0.3 is 5.97 Å². The summed E-state index contributed by atoms with van der Waals surface area (Å²) < 4.78 is 10.7. The van der Waals surface area contributed by atoms with E-state index in [1.807, 2.05) is 43.3 Å². The highest BCUT2D eigenvalue weighted by Crippen LogP contribution is 2.20. The van der Waals surface area contributed by atoms with Crippen molar-refractivity contribution >= 4 is 34.1 Å². The van der Waals surface area contributed by atoms with Gasteiger partial charge in [-0.15, -0.1) is 11.3 Å². The first-order valence-electron chi connectivity index (χ1n) is 7.34. The molecule has 0 radical (unpaired) electrons. The maximum Gasteiger partial charge on any atom is 0.306 e. The maximum atomic E-state index is 11.9. The molecule has 0 fully saturated rings. The Morgan fingerprint density at radius 3 is 2.70 bits per heavy atom. The molecule has 118 valence electrons. The Labute approximate surface area is 137 Å². The van der Waals surface area contributed by atoms with Crippen LogP contribution in [-0.2, 0) is 16.1 Å². The van der Waals surface area contributed by atoms with Gasteiger partial charge in [0.1, 0.15) is 18.0 Å². The van der Waals surface area contributed by atoms with Crippen molar-refractivity contribution in [1.82, 2.24) is 0 Å². The van der Waals surface area contributed by atoms with Crippen LogP contribution in [0.3, 0.4) is 0 Å². The van der Waals surface area contributed by atoms with E-state index in [1.165, 1.54) is 11.3 Å². The molecule has 0 aliphatic rings. The van der Waals surface area contributed by atoms with E-state index in [-0.39, 0.29) is 25.2 Å². The lowest BCUT2D eigenvalue weighted by atomic mass is 10.2. The molecule has 0 N–H and O–H groups in total. The molecule has 0 saturated heterocycles. The summed E-state index contributed by atoms with van der Waals surface area (Å²) in [4.78, 5) is 25.5. The zero-order chi connectivity index (χ0) is 16.2. The summed E-state index contributed by atoms with van der Waals surface area (Å²) in [6.45, 7) is 2.03. The number of rotatable bonds is 6. The number of Topliss-reactive ketones (excluding diaryl/α,β-unsaturated/α-hetero) is 1. The Morgan fingerprint density at radius 1 is 1.13 bits per heavy atom. The van der Waals surface area contributed by atoms with E-state index in [1.54, 1.807) is 6.07 Å². The van der Waals surface area contributed by atoms with Gasteiger partial charge in [0, 0.05) is 16.7 Å². The van der Waals surface area contributed by atoms with Gasteiger partial charge in [-0.05, 0) is 31.2 Å². The molecule has 3 aromatic rings. The third-order valence-corrected chi connectivity index (χ3v) is 4.47. The lowest BCUT2D eigenvalue weighted by Gasteiger charge is -2.02. The van der Waals surface area contributed by atoms with Gasteiger partial charge in [0.15, 0.2) is 5.78 Å². The number of benzene rings is 1. The third kappa shape index (κ3) is 3.87. The first-order chi connectivity index (χ1) is 11.1. The van der Waals surface area contributed by atoms with Crippen molar-refractivity contribution in [3.63, 3.8) is 0 Å². The molecule has 2 heterocycles. The highest BCUT2D eigenvalue weighted by Gasteiger charge is 2.13. The molecule has 0 unspecified atom stereocenters. The van der Waals surface area contributed by atoms with Crippen LogP contribution < -0.4 is 0 Å². The predicted octanol–water partition coefficient (Wildman–Crippen LogP) is 4.51. The number of ether oxygens (including phenoxy) is 1. The largest absolute Gasteiger partial charge is 0.457 e. The number of para-hydroxylation sites is 1. The van der Waals surface area contributed by atoms with Gasteiger partial charge < -0.3 is 9.15 Å². The van der Waals surface area contributed by atoms with E-state index in [4.69, 9.17) is 9.15 Å². The monoisotopic (exact) mass is 328 g/mol. The van der Waals surface area contributed by atoms with Crippen LogP contribution >= 0.6 is 11.3 Å². The first-order valence-corrected chi connectivity index (χ1v) is 8.16. The summed E-state index contributed by atoms with van der Waals surface area (Å²) in [5.74, 6) is 0.177. The van der Waals surface area contributed by atoms with Crippen LogP contribution in [0.25, 0.3) is 11.0 Å². The standard InChI is InChI=1S/C18H16O4S/c1-12-6-8-17(23-12)15(19)7-9-18(20)21-11-14-10-13-4-2-3-5-16(13)22-14/h2-6,8,10H,7,9,11H2,1H3. The highest BCUT2D eigenvalue weighted by molar-refractivity contribution is 7.14. The average Bonchev–Trinajstić information content (AvgIpc) is 3.16. The number of hydrogen-bond acceptors (Lipinski definition) is 5. The van der Waals surface area contributed by atoms with E-state index in [0.29, 0.717) is 10.6 Å². The van der Waals surface area contributed by atoms with Gasteiger partial charge in [0.25, 0.3) is 0 Å². The molecule has 0 aliphatic heterocycles. The van der Waals surface area contributed by atoms with E-state index in [9.17, 15) is 9.59 Å². The van der Waals surface area contributed by atoms with Gasteiger partial charge in [0.2, 0.25) is 0 Å². The van der Waals surface area contributed by atoms with Crippen LogP contribution in [0, 0.1) is 6.92 Å². The second-order valence-electron chi connectivity index (χ2n) is 5.24. The molecule has 5 heteroatoms. The molecule has 1 aromatic carbocycles. The number of ketones is 1. The molecule has 4 nitrogen and oxygen atoms in total. The fourth-order valence-electron chi connectivity index (χ4n) is 2.25. The highest BCUT2D eigenvalue weighted by atomic mass is 32.1. The summed E-state index contributed by atoms with van der Waals surface area (Å²) in [6.07, 6.45) is 0.245. The zero-order valence-corrected chi connectivity index (χ0v) is 13.5. The van der Waals surface area contributed by atoms with Crippen molar-refractivity contribution in [3.8, 4) is 0 Å². The van der Waals surface area contributed by atoms with E-state index in [0.717, 1.165) is 15.8 Å². The number of esters is 1. The van der Waals surface area contributed by atoms with Crippen LogP contribution in [0.4, 0.5) is 0 Å². The van der Waals surface area contributed by atoms with Crippen molar-refractivity contribution in [2.45, 2.75) is 26.4 Å². The predicted molar refractivity (Wildman–Crippen MR) is 88.6 cm³/mol. The molecular formula is C18H16O4S. The number of carbonyl (C=O) groups excluding carboxylic acids is 2. The van der Waals surface area contributed by atoms with Gasteiger partial charge in [-0.3, -0.25) is 9.59 Å². The minimum Gasteiger partial charge on any atom is -0.457 e. The van der Waals surface area contributed by atoms with Gasteiger partial charge in [0.05, 0.1) is 11.3 Å². The van der Waals surface area contributed by atoms with Crippen LogP contribution in [0.1, 0.15) is 33.2 Å². The molecule has 0 saturated carbocycles. The van der Waals surface area contributed by atoms with Crippen LogP contribution in [-0.4, -0.2) is 11.8 Å². The van der Waals surface area contributed by atoms with Gasteiger partial charge in [-0.2, -0.15) is 0 Å². The SMILES string of the molecule is Cc1ccc(C(=O)CCC(=O)OCc2cc3ccccc3o2)s1. The quantitative estimate of drug-likeness (QED) is 0.493. The summed E-state index contributed by atoms with van der Waals surface area (Å²) in [7, 11) is 0. The van der Waals surface area contributed by atoms with E-state index in [2.05, 4.69) is 0 Å². The topological polar surface area (TPSA) is 56.5 Å². The molecular weight excluding hydrogens is 312 g/mol. The molecule has 0 aliphatic carbocycles. The Hall–Kier alpha value is -2.40. The van der Waals surface area contributed by atoms with Gasteiger partial charge in [-0.25, -0.2) is 0 Å². The zero-order valence-electron chi connectivity index (χ0n) is 12.7. The second-order valence-corrected chi connectivity index (χ2v) is 6.53. The van der Waals surface area contributed by atoms with Crippen molar-refractivity contribution in [2.75, 3.05) is 0 Å². The summed E-state index contributed by atoms with van der Waals surface area (Å²) in [5.41, 5.74) is 0.766. The first kappa shape index (κ1) is 15.5. The normalized spacial score (nSPS) is 10.8. The number of hydrogen-bond donors (Lipinski definition) is 0. The van der Waals surface area contributed by atoms with E-state index >= 15 is 0 Å². The maximum absolute atomic E-state index is 11.9. The van der Waals surface area contributed by atoms with Crippen LogP contribution in [0.5, 0.6) is 0 Å². The number of thiophene rings is 1. The van der Waals surface area contributed by atoms with Crippen LogP contribution in [0.2, 0.25) is 0 Å². The number of fused-ring (bicyclic) bond motifs is 1. The molecule has 23 heavy (non-hydrogen) atoms. The smallest absolute Gasteiger partial charge is 0.306 e. The number of aryl methyl sites for hydroxylation is 1. The molecule has 3 rings (SSSR count). The summed E-state index contributed by atoms with van der Waals surface area (Å²) >= 11 is 1.44. The van der Waals surface area contributed by atoms with Crippen molar-refractivity contribution < 1.29 is 18.7 Å². The van der Waals surface area contributed by atoms with Crippen LogP contribution in [0.15, 0.2) is 46.9 Å². The fourth-order valence-corrected chi connectivity index (χ4v) is 3.09. The van der Waals surface area contributed by atoms with Gasteiger partial charge in [-0.1, -0.05) is 18.2 Å². The minimum absolute atomic E-state index is 0.0243. The molecule has 0 bridgehead atoms. The Bertz CT molecular complexity index is 810. The molecule has 0 spiro atoms. The Kier molecular flexibility index (Phi) is 4.57. The fraction of sp³-hybridized carbons (Fsp3) is 0.222. The summed E-state index contributed by atoms with van der Waals surface area (Å²) in [6, 6.07) is 13.2. The molecule has 0 amide bonds. The summed E-state index contributed by atoms with van der Waals surface area (Å²) in [5, 5.41) is 0.974. The molecule has 0 atom stereocenters. The second kappa shape index (κ2) is 6.79. The number of furan rings is 1. The van der Waals surface area contributed by atoms with Crippen molar-refractivity contribution in [1.29, 1.82) is 0 Å². The molecule has 2 aromatic heterocycles. The average molecular weight is 328 g/mol. The third-order valence-electron chi connectivity index (χ3n) is 3.42. The Balaban J connectivity index is 1.48. The lowest BCUT2D eigenvalue weighted by Crippen LogP contribution is -2.07. The minimum atomic E-state index is -0.396.